The van der Waals surface area contributed by atoms with Crippen LogP contribution in [0.3, 0.4) is 0 Å². The molecule has 0 atom stereocenters. The maximum atomic E-state index is 12.4. The number of carbonyl (C=O) groups is 1. The van der Waals surface area contributed by atoms with Crippen LogP contribution in [-0.4, -0.2) is 46.1 Å². The van der Waals surface area contributed by atoms with Crippen LogP contribution in [0.1, 0.15) is 28.0 Å². The molecule has 1 amide bonds. The van der Waals surface area contributed by atoms with Gasteiger partial charge in [0.25, 0.3) is 5.91 Å². The number of aliphatic hydroxyl groups is 1. The first-order chi connectivity index (χ1) is 13.7. The van der Waals surface area contributed by atoms with Crippen LogP contribution in [0, 0.1) is 0 Å². The Morgan fingerprint density at radius 3 is 2.46 bits per heavy atom. The lowest BCUT2D eigenvalue weighted by Crippen LogP contribution is -2.29. The van der Waals surface area contributed by atoms with Crippen molar-refractivity contribution in [2.24, 2.45) is 0 Å². The first kappa shape index (κ1) is 18.3. The third-order valence-corrected chi connectivity index (χ3v) is 5.15. The molecule has 0 saturated carbocycles. The van der Waals surface area contributed by atoms with Crippen LogP contribution in [0.15, 0.2) is 54.6 Å². The van der Waals surface area contributed by atoms with Gasteiger partial charge in [-0.2, -0.15) is 0 Å². The Kier molecular flexibility index (Phi) is 5.17. The van der Waals surface area contributed by atoms with E-state index >= 15 is 0 Å². The zero-order valence-corrected chi connectivity index (χ0v) is 15.9. The van der Waals surface area contributed by atoms with E-state index in [1.807, 2.05) is 54.6 Å². The van der Waals surface area contributed by atoms with Crippen molar-refractivity contribution in [2.75, 3.05) is 20.2 Å². The van der Waals surface area contributed by atoms with Crippen LogP contribution in [0.2, 0.25) is 0 Å². The van der Waals surface area contributed by atoms with E-state index in [0.717, 1.165) is 47.6 Å². The van der Waals surface area contributed by atoms with Crippen molar-refractivity contribution < 1.29 is 9.90 Å². The molecule has 2 aromatic carbocycles. The van der Waals surface area contributed by atoms with Gasteiger partial charge in [0.1, 0.15) is 0 Å². The van der Waals surface area contributed by atoms with Gasteiger partial charge in [0.05, 0.1) is 12.3 Å². The quantitative estimate of drug-likeness (QED) is 0.745. The van der Waals surface area contributed by atoms with Crippen LogP contribution >= 0.6 is 0 Å². The van der Waals surface area contributed by atoms with E-state index in [2.05, 4.69) is 0 Å². The summed E-state index contributed by atoms with van der Waals surface area (Å²) < 4.78 is 0. The van der Waals surface area contributed by atoms with E-state index in [1.165, 1.54) is 10.5 Å². The van der Waals surface area contributed by atoms with Gasteiger partial charge in [0, 0.05) is 41.5 Å². The molecule has 5 nitrogen and oxygen atoms in total. The van der Waals surface area contributed by atoms with Crippen molar-refractivity contribution in [2.45, 2.75) is 19.3 Å². The number of carbonyl (C=O) groups excluding carboxylic acids is 1. The van der Waals surface area contributed by atoms with Gasteiger partial charge in [-0.3, -0.25) is 4.79 Å². The number of nitrogens with zero attached hydrogens (tertiary/aromatic N) is 3. The van der Waals surface area contributed by atoms with Crippen molar-refractivity contribution in [1.82, 2.24) is 14.9 Å². The van der Waals surface area contributed by atoms with Crippen LogP contribution < -0.4 is 0 Å². The van der Waals surface area contributed by atoms with Crippen LogP contribution in [0.25, 0.3) is 22.6 Å². The normalized spacial score (nSPS) is 12.6. The molecule has 1 aromatic heterocycles. The fourth-order valence-electron chi connectivity index (χ4n) is 3.63. The Morgan fingerprint density at radius 2 is 1.75 bits per heavy atom. The predicted molar refractivity (Wildman–Crippen MR) is 109 cm³/mol. The van der Waals surface area contributed by atoms with Crippen molar-refractivity contribution >= 4 is 5.91 Å². The largest absolute Gasteiger partial charge is 0.395 e. The lowest BCUT2D eigenvalue weighted by molar-refractivity contribution is 0.0767. The first-order valence-electron chi connectivity index (χ1n) is 9.59. The molecule has 0 bridgehead atoms. The van der Waals surface area contributed by atoms with Gasteiger partial charge in [-0.15, -0.1) is 0 Å². The Bertz CT molecular complexity index is 985. The second kappa shape index (κ2) is 7.90. The lowest BCUT2D eigenvalue weighted by Gasteiger charge is -2.16. The Hall–Kier alpha value is -3.05. The molecule has 5 heteroatoms. The molecule has 0 radical (unpaired) electrons. The van der Waals surface area contributed by atoms with Gasteiger partial charge in [0.2, 0.25) is 0 Å². The SMILES string of the molecule is CN(CCO)C(=O)c1ccc(-c2nc(-c3ccccc3)nc3c2CCC3)cc1. The number of fused-ring (bicyclic) bond motifs is 1. The summed E-state index contributed by atoms with van der Waals surface area (Å²) in [6.07, 6.45) is 3.06. The summed E-state index contributed by atoms with van der Waals surface area (Å²) in [6, 6.07) is 17.6. The van der Waals surface area contributed by atoms with E-state index in [1.54, 1.807) is 7.05 Å². The molecule has 0 unspecified atom stereocenters. The third-order valence-electron chi connectivity index (χ3n) is 5.15. The van der Waals surface area contributed by atoms with Gasteiger partial charge in [0.15, 0.2) is 5.82 Å². The topological polar surface area (TPSA) is 66.3 Å². The summed E-state index contributed by atoms with van der Waals surface area (Å²) in [7, 11) is 1.69. The summed E-state index contributed by atoms with van der Waals surface area (Å²) in [4.78, 5) is 23.6. The average molecular weight is 373 g/mol. The Morgan fingerprint density at radius 1 is 1.00 bits per heavy atom. The molecule has 1 N–H and O–H groups in total. The minimum absolute atomic E-state index is 0.0460. The van der Waals surface area contributed by atoms with Crippen molar-refractivity contribution in [3.05, 3.63) is 71.4 Å². The van der Waals surface area contributed by atoms with Crippen LogP contribution in [0.4, 0.5) is 0 Å². The Labute approximate surface area is 164 Å². The zero-order chi connectivity index (χ0) is 19.5. The summed E-state index contributed by atoms with van der Waals surface area (Å²) in [5.74, 6) is 0.651. The average Bonchev–Trinajstić information content (AvgIpc) is 3.22. The smallest absolute Gasteiger partial charge is 0.253 e. The number of hydrogen-bond donors (Lipinski definition) is 1. The molecule has 0 spiro atoms. The lowest BCUT2D eigenvalue weighted by atomic mass is 10.0. The number of hydrogen-bond acceptors (Lipinski definition) is 4. The molecule has 142 valence electrons. The molecular formula is C23H23N3O2. The highest BCUT2D eigenvalue weighted by Gasteiger charge is 2.21. The number of rotatable bonds is 5. The van der Waals surface area contributed by atoms with Crippen LogP contribution in [-0.2, 0) is 12.8 Å². The predicted octanol–water partition coefficient (Wildman–Crippen LogP) is 3.36. The summed E-state index contributed by atoms with van der Waals surface area (Å²) in [6.45, 7) is 0.274. The van der Waals surface area contributed by atoms with Crippen LogP contribution in [0.5, 0.6) is 0 Å². The molecule has 1 heterocycles. The number of aliphatic hydroxyl groups excluding tert-OH is 1. The van der Waals surface area contributed by atoms with Gasteiger partial charge in [-0.25, -0.2) is 9.97 Å². The van der Waals surface area contributed by atoms with E-state index in [9.17, 15) is 4.79 Å². The van der Waals surface area contributed by atoms with Crippen molar-refractivity contribution in [3.63, 3.8) is 0 Å². The fraction of sp³-hybridized carbons (Fsp3) is 0.261. The van der Waals surface area contributed by atoms with Gasteiger partial charge in [-0.1, -0.05) is 42.5 Å². The second-order valence-electron chi connectivity index (χ2n) is 7.07. The highest BCUT2D eigenvalue weighted by Crippen LogP contribution is 2.32. The number of likely N-dealkylation sites (N-methyl/N-ethyl adjacent to an activating group) is 1. The fourth-order valence-corrected chi connectivity index (χ4v) is 3.63. The number of aromatic nitrogens is 2. The van der Waals surface area contributed by atoms with E-state index in [4.69, 9.17) is 15.1 Å². The Balaban J connectivity index is 1.71. The highest BCUT2D eigenvalue weighted by molar-refractivity contribution is 5.94. The summed E-state index contributed by atoms with van der Waals surface area (Å²) in [5, 5.41) is 9.03. The van der Waals surface area contributed by atoms with E-state index < -0.39 is 0 Å². The second-order valence-corrected chi connectivity index (χ2v) is 7.07. The van der Waals surface area contributed by atoms with E-state index in [0.29, 0.717) is 12.1 Å². The molecule has 4 rings (SSSR count). The minimum atomic E-state index is -0.0986. The molecular weight excluding hydrogens is 350 g/mol. The van der Waals surface area contributed by atoms with Crippen molar-refractivity contribution in [1.29, 1.82) is 0 Å². The number of aryl methyl sites for hydroxylation is 1. The monoisotopic (exact) mass is 373 g/mol. The van der Waals surface area contributed by atoms with Gasteiger partial charge >= 0.3 is 0 Å². The summed E-state index contributed by atoms with van der Waals surface area (Å²) >= 11 is 0. The third kappa shape index (κ3) is 3.53. The molecule has 0 saturated heterocycles. The van der Waals surface area contributed by atoms with Crippen molar-refractivity contribution in [3.8, 4) is 22.6 Å². The zero-order valence-electron chi connectivity index (χ0n) is 15.9. The highest BCUT2D eigenvalue weighted by atomic mass is 16.3. The minimum Gasteiger partial charge on any atom is -0.395 e. The maximum Gasteiger partial charge on any atom is 0.253 e. The van der Waals surface area contributed by atoms with E-state index in [-0.39, 0.29) is 12.5 Å². The molecule has 28 heavy (non-hydrogen) atoms. The summed E-state index contributed by atoms with van der Waals surface area (Å²) in [5.41, 5.74) is 5.93. The number of benzene rings is 2. The van der Waals surface area contributed by atoms with Gasteiger partial charge < -0.3 is 10.0 Å². The standard InChI is InChI=1S/C23H23N3O2/c1-26(14-15-27)23(28)18-12-10-16(11-13-18)21-19-8-5-9-20(19)24-22(25-21)17-6-3-2-4-7-17/h2-4,6-7,10-13,27H,5,8-9,14-15H2,1H3. The molecule has 1 aliphatic rings. The molecule has 3 aromatic rings. The maximum absolute atomic E-state index is 12.4. The molecule has 1 aliphatic carbocycles. The molecule has 0 aliphatic heterocycles. The number of amides is 1. The van der Waals surface area contributed by atoms with Gasteiger partial charge in [-0.05, 0) is 31.4 Å². The molecule has 0 fully saturated rings. The first-order valence-corrected chi connectivity index (χ1v) is 9.59.